The van der Waals surface area contributed by atoms with Crippen molar-refractivity contribution in [3.63, 3.8) is 0 Å². The highest BCUT2D eigenvalue weighted by atomic mass is 16.3. The highest BCUT2D eigenvalue weighted by Crippen LogP contribution is 2.32. The normalized spacial score (nSPS) is 11.3. The number of furan rings is 1. The maximum atomic E-state index is 6.03. The predicted molar refractivity (Wildman–Crippen MR) is 158 cm³/mol. The second kappa shape index (κ2) is 9.69. The molecular formula is C34H22BN3O. The van der Waals surface area contributed by atoms with Crippen LogP contribution in [0.25, 0.3) is 55.8 Å². The molecule has 0 spiro atoms. The van der Waals surface area contributed by atoms with Gasteiger partial charge in [-0.25, -0.2) is 15.0 Å². The Labute approximate surface area is 227 Å². The zero-order valence-corrected chi connectivity index (χ0v) is 21.1. The number of hydrogen-bond acceptors (Lipinski definition) is 4. The van der Waals surface area contributed by atoms with E-state index < -0.39 is 0 Å². The molecule has 0 aliphatic heterocycles. The zero-order valence-electron chi connectivity index (χ0n) is 21.1. The lowest BCUT2D eigenvalue weighted by Gasteiger charge is -2.10. The van der Waals surface area contributed by atoms with Crippen LogP contribution in [0.2, 0.25) is 0 Å². The molecule has 39 heavy (non-hydrogen) atoms. The van der Waals surface area contributed by atoms with E-state index in [-0.39, 0.29) is 0 Å². The lowest BCUT2D eigenvalue weighted by molar-refractivity contribution is 0.669. The molecule has 0 fully saturated rings. The highest BCUT2D eigenvalue weighted by Gasteiger charge is 2.14. The number of aromatic nitrogens is 3. The molecule has 0 amide bonds. The highest BCUT2D eigenvalue weighted by molar-refractivity contribution is 6.32. The largest absolute Gasteiger partial charge is 0.456 e. The molecule has 2 heterocycles. The molecule has 7 aromatic rings. The van der Waals surface area contributed by atoms with E-state index in [1.807, 2.05) is 60.7 Å². The van der Waals surface area contributed by atoms with Gasteiger partial charge >= 0.3 is 0 Å². The van der Waals surface area contributed by atoms with Gasteiger partial charge in [-0.05, 0) is 41.0 Å². The molecule has 182 valence electrons. The Bertz CT molecular complexity index is 1950. The molecule has 0 bridgehead atoms. The fourth-order valence-electron chi connectivity index (χ4n) is 4.93. The van der Waals surface area contributed by atoms with Gasteiger partial charge in [-0.1, -0.05) is 103 Å². The van der Waals surface area contributed by atoms with E-state index in [2.05, 4.69) is 60.7 Å². The van der Waals surface area contributed by atoms with E-state index in [0.717, 1.165) is 38.6 Å². The van der Waals surface area contributed by atoms with E-state index in [1.165, 1.54) is 11.1 Å². The van der Waals surface area contributed by atoms with Crippen molar-refractivity contribution in [2.45, 2.75) is 6.42 Å². The summed E-state index contributed by atoms with van der Waals surface area (Å²) in [5, 5.41) is 2.11. The molecule has 0 atom stereocenters. The topological polar surface area (TPSA) is 51.8 Å². The maximum absolute atomic E-state index is 6.03. The van der Waals surface area contributed by atoms with Crippen molar-refractivity contribution in [1.82, 2.24) is 15.0 Å². The van der Waals surface area contributed by atoms with Crippen LogP contribution in [0.5, 0.6) is 0 Å². The molecule has 0 saturated heterocycles. The van der Waals surface area contributed by atoms with Gasteiger partial charge in [0.05, 0.1) is 0 Å². The van der Waals surface area contributed by atoms with Gasteiger partial charge in [0.25, 0.3) is 0 Å². The van der Waals surface area contributed by atoms with Crippen LogP contribution in [0.15, 0.2) is 126 Å². The third kappa shape index (κ3) is 4.60. The van der Waals surface area contributed by atoms with Crippen LogP contribution in [0, 0.1) is 0 Å². The molecule has 0 aliphatic carbocycles. The third-order valence-corrected chi connectivity index (χ3v) is 6.88. The Morgan fingerprint density at radius 3 is 2.05 bits per heavy atom. The quantitative estimate of drug-likeness (QED) is 0.236. The second-order valence-electron chi connectivity index (χ2n) is 9.57. The van der Waals surface area contributed by atoms with E-state index in [4.69, 9.17) is 27.2 Å². The minimum Gasteiger partial charge on any atom is -0.456 e. The van der Waals surface area contributed by atoms with Crippen molar-refractivity contribution in [1.29, 1.82) is 0 Å². The van der Waals surface area contributed by atoms with Gasteiger partial charge in [0.2, 0.25) is 0 Å². The molecule has 2 aromatic heterocycles. The first-order valence-electron chi connectivity index (χ1n) is 12.9. The summed E-state index contributed by atoms with van der Waals surface area (Å²) in [7, 11) is 5.95. The molecule has 0 aliphatic rings. The molecule has 0 saturated carbocycles. The first kappa shape index (κ1) is 23.1. The van der Waals surface area contributed by atoms with Crippen LogP contribution in [0.1, 0.15) is 11.4 Å². The summed E-state index contributed by atoms with van der Waals surface area (Å²) in [6.45, 7) is 0. The van der Waals surface area contributed by atoms with Gasteiger partial charge in [-0.3, -0.25) is 0 Å². The summed E-state index contributed by atoms with van der Waals surface area (Å²) in [4.78, 5) is 14.7. The van der Waals surface area contributed by atoms with Gasteiger partial charge in [0, 0.05) is 28.3 Å². The van der Waals surface area contributed by atoms with Crippen molar-refractivity contribution in [3.05, 3.63) is 133 Å². The zero-order chi connectivity index (χ0) is 26.2. The Morgan fingerprint density at radius 2 is 1.21 bits per heavy atom. The van der Waals surface area contributed by atoms with Crippen molar-refractivity contribution in [2.75, 3.05) is 0 Å². The lowest BCUT2D eigenvalue weighted by Crippen LogP contribution is -2.05. The number of benzene rings is 5. The molecule has 4 nitrogen and oxygen atoms in total. The molecule has 5 heteroatoms. The maximum Gasteiger partial charge on any atom is 0.163 e. The van der Waals surface area contributed by atoms with Crippen molar-refractivity contribution in [3.8, 4) is 33.9 Å². The summed E-state index contributed by atoms with van der Waals surface area (Å²) in [5.74, 6) is 1.94. The minimum absolute atomic E-state index is 0.578. The number of nitrogens with zero attached hydrogens (tertiary/aromatic N) is 3. The number of hydrogen-bond donors (Lipinski definition) is 0. The summed E-state index contributed by atoms with van der Waals surface area (Å²) < 4.78 is 6.03. The van der Waals surface area contributed by atoms with E-state index in [0.29, 0.717) is 29.4 Å². The van der Waals surface area contributed by atoms with Crippen LogP contribution in [0.3, 0.4) is 0 Å². The fourth-order valence-corrected chi connectivity index (χ4v) is 4.93. The first-order valence-corrected chi connectivity index (χ1v) is 12.9. The van der Waals surface area contributed by atoms with E-state index in [1.54, 1.807) is 0 Å². The van der Waals surface area contributed by atoms with Gasteiger partial charge in [-0.15, -0.1) is 0 Å². The fraction of sp³-hybridized carbons (Fsp3) is 0.0294. The predicted octanol–water partition coefficient (Wildman–Crippen LogP) is 7.16. The lowest BCUT2D eigenvalue weighted by atomic mass is 9.95. The molecule has 0 unspecified atom stereocenters. The molecule has 7 rings (SSSR count). The van der Waals surface area contributed by atoms with Crippen molar-refractivity contribution < 1.29 is 4.42 Å². The monoisotopic (exact) mass is 499 g/mol. The van der Waals surface area contributed by atoms with Crippen LogP contribution in [-0.2, 0) is 6.42 Å². The number of para-hydroxylation sites is 1. The summed E-state index contributed by atoms with van der Waals surface area (Å²) in [6, 6.07) is 40.7. The SMILES string of the molecule is [B]c1ccc(-c2nc(Cc3cccc(-c4ccccc4)c3)nc(-c3ccc4oc5ccccc5c4c3)n2)cc1. The summed E-state index contributed by atoms with van der Waals surface area (Å²) in [6.07, 6.45) is 0.578. The first-order chi connectivity index (χ1) is 19.2. The van der Waals surface area contributed by atoms with Crippen LogP contribution < -0.4 is 5.46 Å². The minimum atomic E-state index is 0.578. The summed E-state index contributed by atoms with van der Waals surface area (Å²) in [5.41, 5.74) is 7.68. The van der Waals surface area contributed by atoms with Crippen LogP contribution in [0.4, 0.5) is 0 Å². The number of fused-ring (bicyclic) bond motifs is 3. The summed E-state index contributed by atoms with van der Waals surface area (Å²) >= 11 is 0. The van der Waals surface area contributed by atoms with E-state index in [9.17, 15) is 0 Å². The average Bonchev–Trinajstić information content (AvgIpc) is 3.36. The molecular weight excluding hydrogens is 477 g/mol. The smallest absolute Gasteiger partial charge is 0.163 e. The van der Waals surface area contributed by atoms with Crippen molar-refractivity contribution >= 4 is 35.2 Å². The molecule has 5 aromatic carbocycles. The van der Waals surface area contributed by atoms with Crippen molar-refractivity contribution in [2.24, 2.45) is 0 Å². The van der Waals surface area contributed by atoms with Gasteiger partial charge in [0.1, 0.15) is 24.8 Å². The van der Waals surface area contributed by atoms with Crippen LogP contribution >= 0.6 is 0 Å². The van der Waals surface area contributed by atoms with Crippen LogP contribution in [-0.4, -0.2) is 22.8 Å². The third-order valence-electron chi connectivity index (χ3n) is 6.88. The Balaban J connectivity index is 1.33. The average molecular weight is 499 g/mol. The Kier molecular flexibility index (Phi) is 5.75. The Hall–Kier alpha value is -5.03. The number of rotatable bonds is 5. The molecule has 0 N–H and O–H groups in total. The van der Waals surface area contributed by atoms with E-state index >= 15 is 0 Å². The second-order valence-corrected chi connectivity index (χ2v) is 9.57. The van der Waals surface area contributed by atoms with Gasteiger partial charge in [0.15, 0.2) is 11.6 Å². The van der Waals surface area contributed by atoms with Gasteiger partial charge < -0.3 is 4.42 Å². The molecule has 2 radical (unpaired) electrons. The van der Waals surface area contributed by atoms with Gasteiger partial charge in [-0.2, -0.15) is 0 Å². The standard InChI is InChI=1S/C34H22BN3O/c35-27-16-13-24(14-17-27)33-36-32(20-22-7-6-10-25(19-22)23-8-2-1-3-9-23)37-34(38-33)26-15-18-31-29(21-26)28-11-4-5-12-30(28)39-31/h1-19,21H,20H2. The Morgan fingerprint density at radius 1 is 0.513 bits per heavy atom.